The highest BCUT2D eigenvalue weighted by Gasteiger charge is 2.68. The van der Waals surface area contributed by atoms with Crippen LogP contribution in [0.3, 0.4) is 0 Å². The van der Waals surface area contributed by atoms with Gasteiger partial charge >= 0.3 is 11.9 Å². The summed E-state index contributed by atoms with van der Waals surface area (Å²) in [7, 11) is 1.62. The molecular weight excluding hydrogens is 488 g/mol. The summed E-state index contributed by atoms with van der Waals surface area (Å²) >= 11 is 0. The van der Waals surface area contributed by atoms with Crippen LogP contribution in [0.4, 0.5) is 0 Å². The van der Waals surface area contributed by atoms with E-state index in [0.29, 0.717) is 11.1 Å². The van der Waals surface area contributed by atoms with Gasteiger partial charge in [-0.15, -0.1) is 0 Å². The van der Waals surface area contributed by atoms with Gasteiger partial charge in [-0.1, -0.05) is 83.9 Å². The Hall–Kier alpha value is -4.22. The van der Waals surface area contributed by atoms with Crippen LogP contribution in [0.1, 0.15) is 61.0 Å². The summed E-state index contributed by atoms with van der Waals surface area (Å²) in [5.41, 5.74) is 4.72. The van der Waals surface area contributed by atoms with Gasteiger partial charge in [0.1, 0.15) is 0 Å². The summed E-state index contributed by atoms with van der Waals surface area (Å²) < 4.78 is 19.1. The molecule has 0 aromatic heterocycles. The van der Waals surface area contributed by atoms with Crippen LogP contribution < -0.4 is 0 Å². The first-order valence-electron chi connectivity index (χ1n) is 13.1. The lowest BCUT2D eigenvalue weighted by Gasteiger charge is -2.59. The van der Waals surface area contributed by atoms with Crippen molar-refractivity contribution in [3.05, 3.63) is 142 Å². The van der Waals surface area contributed by atoms with Crippen molar-refractivity contribution >= 4 is 11.9 Å². The average molecular weight is 519 g/mol. The molecule has 0 heterocycles. The van der Waals surface area contributed by atoms with E-state index < -0.39 is 35.2 Å². The van der Waals surface area contributed by atoms with Crippen molar-refractivity contribution < 1.29 is 23.8 Å². The first-order valence-corrected chi connectivity index (χ1v) is 13.1. The average Bonchev–Trinajstić information content (AvgIpc) is 2.96. The van der Waals surface area contributed by atoms with Crippen molar-refractivity contribution in [3.8, 4) is 0 Å². The predicted octanol–water partition coefficient (Wildman–Crippen LogP) is 6.28. The standard InChI is InChI=1S/C34H30O5/c1-21-13-17-23(18-14-21)31(35)38-29-30(39-32(36)24-19-15-22(2)16-20-24)34(37-4)27-11-7-5-9-25(27)33(29,3)26-10-6-8-12-28(26)34/h5-20,29-30H,1-4H3/t29?,30?,33-,34-. The van der Waals surface area contributed by atoms with Crippen molar-refractivity contribution in [2.45, 2.75) is 44.0 Å². The Morgan fingerprint density at radius 3 is 1.38 bits per heavy atom. The van der Waals surface area contributed by atoms with E-state index in [9.17, 15) is 9.59 Å². The molecule has 0 spiro atoms. The van der Waals surface area contributed by atoms with Gasteiger partial charge in [0.05, 0.1) is 16.5 Å². The first-order chi connectivity index (χ1) is 18.8. The SMILES string of the molecule is CO[C@]12c3ccccc3[C@](C)(c3ccccc31)C(OC(=O)c1ccc(C)cc1)C2OC(=O)c1ccc(C)cc1. The molecule has 2 atom stereocenters. The number of methoxy groups -OCH3 is 1. The molecular formula is C34H30O5. The van der Waals surface area contributed by atoms with Crippen LogP contribution in [0.25, 0.3) is 0 Å². The second-order valence-corrected chi connectivity index (χ2v) is 10.6. The Labute approximate surface area is 228 Å². The molecule has 196 valence electrons. The number of carbonyl (C=O) groups is 2. The highest BCUT2D eigenvalue weighted by molar-refractivity contribution is 5.91. The summed E-state index contributed by atoms with van der Waals surface area (Å²) in [6.07, 6.45) is -1.80. The van der Waals surface area contributed by atoms with Crippen LogP contribution in [0.15, 0.2) is 97.1 Å². The van der Waals surface area contributed by atoms with Gasteiger partial charge < -0.3 is 14.2 Å². The third kappa shape index (κ3) is 3.64. The summed E-state index contributed by atoms with van der Waals surface area (Å²) in [5.74, 6) is -0.981. The number of hydrogen-bond acceptors (Lipinski definition) is 5. The van der Waals surface area contributed by atoms with E-state index in [1.165, 1.54) is 0 Å². The minimum Gasteiger partial charge on any atom is -0.453 e. The van der Waals surface area contributed by atoms with Gasteiger partial charge in [0.15, 0.2) is 17.8 Å². The van der Waals surface area contributed by atoms with Crippen LogP contribution in [0, 0.1) is 13.8 Å². The second kappa shape index (κ2) is 9.21. The van der Waals surface area contributed by atoms with Gasteiger partial charge in [-0.2, -0.15) is 0 Å². The summed E-state index contributed by atoms with van der Waals surface area (Å²) in [5, 5.41) is 0. The van der Waals surface area contributed by atoms with Crippen LogP contribution in [-0.4, -0.2) is 31.3 Å². The first kappa shape index (κ1) is 25.1. The third-order valence-corrected chi connectivity index (χ3v) is 8.38. The van der Waals surface area contributed by atoms with E-state index in [4.69, 9.17) is 14.2 Å². The van der Waals surface area contributed by atoms with Gasteiger partial charge in [-0.3, -0.25) is 0 Å². The molecule has 4 aromatic rings. The van der Waals surface area contributed by atoms with E-state index >= 15 is 0 Å². The van der Waals surface area contributed by atoms with Gasteiger partial charge in [-0.25, -0.2) is 9.59 Å². The zero-order chi connectivity index (χ0) is 27.4. The van der Waals surface area contributed by atoms with Crippen molar-refractivity contribution in [3.63, 3.8) is 0 Å². The number of ether oxygens (including phenoxy) is 3. The molecule has 4 aromatic carbocycles. The molecule has 5 heteroatoms. The van der Waals surface area contributed by atoms with E-state index in [-0.39, 0.29) is 0 Å². The van der Waals surface area contributed by atoms with E-state index in [1.807, 2.05) is 86.6 Å². The maximum atomic E-state index is 13.6. The molecule has 0 N–H and O–H groups in total. The molecule has 0 amide bonds. The Morgan fingerprint density at radius 1 is 0.590 bits per heavy atom. The molecule has 3 aliphatic carbocycles. The van der Waals surface area contributed by atoms with Crippen molar-refractivity contribution in [2.24, 2.45) is 0 Å². The number of rotatable bonds is 5. The fraction of sp³-hybridized carbons (Fsp3) is 0.235. The Balaban J connectivity index is 1.54. The van der Waals surface area contributed by atoms with Crippen LogP contribution >= 0.6 is 0 Å². The predicted molar refractivity (Wildman–Crippen MR) is 148 cm³/mol. The maximum Gasteiger partial charge on any atom is 0.338 e. The van der Waals surface area contributed by atoms with Gasteiger partial charge in [-0.05, 0) is 67.3 Å². The Morgan fingerprint density at radius 2 is 0.974 bits per heavy atom. The molecule has 2 unspecified atom stereocenters. The van der Waals surface area contributed by atoms with Crippen molar-refractivity contribution in [1.82, 2.24) is 0 Å². The summed E-state index contributed by atoms with van der Waals surface area (Å²) in [6, 6.07) is 30.5. The fourth-order valence-electron chi connectivity index (χ4n) is 6.35. The molecule has 0 saturated carbocycles. The van der Waals surface area contributed by atoms with Crippen LogP contribution in [-0.2, 0) is 25.2 Å². The van der Waals surface area contributed by atoms with Crippen LogP contribution in [0.2, 0.25) is 0 Å². The number of esters is 2. The minimum absolute atomic E-state index is 0.420. The van der Waals surface area contributed by atoms with E-state index in [2.05, 4.69) is 6.92 Å². The molecule has 0 aliphatic heterocycles. The lowest BCUT2D eigenvalue weighted by atomic mass is 9.51. The lowest BCUT2D eigenvalue weighted by molar-refractivity contribution is -0.167. The second-order valence-electron chi connectivity index (χ2n) is 10.6. The summed E-state index contributed by atoms with van der Waals surface area (Å²) in [4.78, 5) is 27.2. The van der Waals surface area contributed by atoms with Gasteiger partial charge in [0.2, 0.25) is 0 Å². The summed E-state index contributed by atoms with van der Waals surface area (Å²) in [6.45, 7) is 5.99. The van der Waals surface area contributed by atoms with Crippen molar-refractivity contribution in [1.29, 1.82) is 0 Å². The third-order valence-electron chi connectivity index (χ3n) is 8.38. The van der Waals surface area contributed by atoms with E-state index in [0.717, 1.165) is 33.4 Å². The number of fused-ring (bicyclic) bond motifs is 1. The quantitative estimate of drug-likeness (QED) is 0.291. The zero-order valence-electron chi connectivity index (χ0n) is 22.4. The molecule has 7 rings (SSSR count). The molecule has 3 aliphatic rings. The topological polar surface area (TPSA) is 61.8 Å². The van der Waals surface area contributed by atoms with Crippen LogP contribution in [0.5, 0.6) is 0 Å². The minimum atomic E-state index is -1.18. The number of carbonyl (C=O) groups excluding carboxylic acids is 2. The van der Waals surface area contributed by atoms with Gasteiger partial charge in [0.25, 0.3) is 0 Å². The highest BCUT2D eigenvalue weighted by Crippen LogP contribution is 2.61. The number of hydrogen-bond donors (Lipinski definition) is 0. The molecule has 0 radical (unpaired) electrons. The molecule has 0 saturated heterocycles. The fourth-order valence-corrected chi connectivity index (χ4v) is 6.35. The molecule has 5 nitrogen and oxygen atoms in total. The van der Waals surface area contributed by atoms with Gasteiger partial charge in [0, 0.05) is 7.11 Å². The number of benzene rings is 4. The lowest BCUT2D eigenvalue weighted by Crippen LogP contribution is -2.67. The molecule has 0 fully saturated rings. The largest absolute Gasteiger partial charge is 0.453 e. The Bertz CT molecular complexity index is 1520. The Kier molecular flexibility index (Phi) is 5.92. The monoisotopic (exact) mass is 518 g/mol. The van der Waals surface area contributed by atoms with Crippen molar-refractivity contribution in [2.75, 3.05) is 7.11 Å². The maximum absolute atomic E-state index is 13.6. The highest BCUT2D eigenvalue weighted by atomic mass is 16.6. The normalized spacial score (nSPS) is 24.4. The molecule has 39 heavy (non-hydrogen) atoms. The van der Waals surface area contributed by atoms with E-state index in [1.54, 1.807) is 31.4 Å². The zero-order valence-corrected chi connectivity index (χ0v) is 22.4. The smallest absolute Gasteiger partial charge is 0.338 e. The molecule has 2 bridgehead atoms. The number of aryl methyl sites for hydroxylation is 2.